The van der Waals surface area contributed by atoms with Crippen molar-refractivity contribution in [2.24, 2.45) is 0 Å². The summed E-state index contributed by atoms with van der Waals surface area (Å²) >= 11 is 0. The van der Waals surface area contributed by atoms with Crippen LogP contribution >= 0.6 is 0 Å². The molecule has 2 rings (SSSR count). The van der Waals surface area contributed by atoms with Gasteiger partial charge in [0.1, 0.15) is 11.5 Å². The standard InChI is InChI=1S/2C4H5NO4S.Zn/c2*1-3-2-4(6)5-10(7,8)9-3;/h2*2H,1H3,(H,5,6);. The van der Waals surface area contributed by atoms with Gasteiger partial charge in [-0.05, 0) is 13.8 Å². The number of carbonyl (C=O) groups is 2. The van der Waals surface area contributed by atoms with Gasteiger partial charge in [0.05, 0.1) is 0 Å². The number of nitrogens with one attached hydrogen (secondary N) is 2. The van der Waals surface area contributed by atoms with Crippen molar-refractivity contribution in [2.75, 3.05) is 0 Å². The summed E-state index contributed by atoms with van der Waals surface area (Å²) < 4.78 is 53.6. The zero-order valence-corrected chi connectivity index (χ0v) is 15.5. The van der Waals surface area contributed by atoms with Crippen LogP contribution in [-0.2, 0) is 58.0 Å². The fourth-order valence-electron chi connectivity index (χ4n) is 1.11. The van der Waals surface area contributed by atoms with E-state index in [1.165, 1.54) is 13.8 Å². The first-order valence-corrected chi connectivity index (χ1v) is 7.70. The van der Waals surface area contributed by atoms with Crippen molar-refractivity contribution >= 4 is 32.4 Å². The smallest absolute Gasteiger partial charge is 0.371 e. The van der Waals surface area contributed by atoms with Crippen LogP contribution in [-0.4, -0.2) is 28.6 Å². The molecule has 0 unspecified atom stereocenters. The Morgan fingerprint density at radius 3 is 1.29 bits per heavy atom. The molecular formula is C8H10N2O8S2Zn. The second-order valence-corrected chi connectivity index (χ2v) is 6.08. The maximum absolute atomic E-state index is 10.5. The Labute approximate surface area is 133 Å². The Morgan fingerprint density at radius 2 is 1.10 bits per heavy atom. The summed E-state index contributed by atoms with van der Waals surface area (Å²) in [7, 11) is -7.70. The number of allylic oxidation sites excluding steroid dienone is 2. The minimum absolute atomic E-state index is 0. The third kappa shape index (κ3) is 7.20. The van der Waals surface area contributed by atoms with Crippen LogP contribution in [0, 0.1) is 0 Å². The number of carbonyl (C=O) groups excluding carboxylic acids is 2. The van der Waals surface area contributed by atoms with Gasteiger partial charge in [-0.3, -0.25) is 9.59 Å². The second kappa shape index (κ2) is 7.00. The number of amides is 2. The van der Waals surface area contributed by atoms with E-state index in [4.69, 9.17) is 0 Å². The molecule has 0 saturated heterocycles. The summed E-state index contributed by atoms with van der Waals surface area (Å²) in [4.78, 5) is 20.9. The van der Waals surface area contributed by atoms with Crippen molar-refractivity contribution in [1.29, 1.82) is 0 Å². The molecule has 0 spiro atoms. The van der Waals surface area contributed by atoms with Crippen molar-refractivity contribution in [3.63, 3.8) is 0 Å². The van der Waals surface area contributed by atoms with E-state index in [0.29, 0.717) is 0 Å². The van der Waals surface area contributed by atoms with Crippen molar-refractivity contribution in [1.82, 2.24) is 9.44 Å². The molecule has 0 bridgehead atoms. The first-order valence-electron chi connectivity index (χ1n) is 4.88. The van der Waals surface area contributed by atoms with Gasteiger partial charge in [0.15, 0.2) is 0 Å². The van der Waals surface area contributed by atoms with Crippen LogP contribution in [0.15, 0.2) is 23.7 Å². The summed E-state index contributed by atoms with van der Waals surface area (Å²) in [5.74, 6) is -1.21. The van der Waals surface area contributed by atoms with Crippen molar-refractivity contribution in [3.05, 3.63) is 23.7 Å². The number of hydrogen-bond donors (Lipinski definition) is 2. The number of rotatable bonds is 0. The summed E-state index contributed by atoms with van der Waals surface area (Å²) in [5, 5.41) is 0. The van der Waals surface area contributed by atoms with Gasteiger partial charge in [-0.2, -0.15) is 16.8 Å². The van der Waals surface area contributed by atoms with Gasteiger partial charge >= 0.3 is 20.6 Å². The molecule has 0 aliphatic carbocycles. The zero-order valence-electron chi connectivity index (χ0n) is 10.9. The summed E-state index contributed by atoms with van der Waals surface area (Å²) in [6, 6.07) is 0. The molecule has 0 aromatic rings. The fourth-order valence-corrected chi connectivity index (χ4v) is 2.59. The molecule has 2 amide bonds. The Morgan fingerprint density at radius 1 is 0.810 bits per heavy atom. The van der Waals surface area contributed by atoms with E-state index in [9.17, 15) is 26.4 Å². The van der Waals surface area contributed by atoms with Gasteiger partial charge in [0.2, 0.25) is 0 Å². The quantitative estimate of drug-likeness (QED) is 0.477. The van der Waals surface area contributed by atoms with Gasteiger partial charge in [-0.15, -0.1) is 0 Å². The van der Waals surface area contributed by atoms with Gasteiger partial charge in [0.25, 0.3) is 11.8 Å². The summed E-state index contributed by atoms with van der Waals surface area (Å²) in [5.41, 5.74) is 0. The summed E-state index contributed by atoms with van der Waals surface area (Å²) in [6.45, 7) is 2.77. The van der Waals surface area contributed by atoms with Crippen LogP contribution in [0.1, 0.15) is 13.8 Å². The predicted molar refractivity (Wildman–Crippen MR) is 63.8 cm³/mol. The third-order valence-electron chi connectivity index (χ3n) is 1.60. The Hall–Kier alpha value is -1.46. The monoisotopic (exact) mass is 390 g/mol. The van der Waals surface area contributed by atoms with Gasteiger partial charge < -0.3 is 8.37 Å². The molecule has 21 heavy (non-hydrogen) atoms. The first kappa shape index (κ1) is 19.5. The molecule has 0 radical (unpaired) electrons. The molecule has 2 aliphatic rings. The molecule has 114 valence electrons. The van der Waals surface area contributed by atoms with Crippen LogP contribution in [0.25, 0.3) is 0 Å². The predicted octanol–water partition coefficient (Wildman–Crippen LogP) is -1.44. The molecule has 0 fully saturated rings. The first-order chi connectivity index (χ1) is 8.99. The Kier molecular flexibility index (Phi) is 6.52. The number of hydrogen-bond acceptors (Lipinski definition) is 8. The van der Waals surface area contributed by atoms with Gasteiger partial charge in [-0.25, -0.2) is 9.44 Å². The maximum Gasteiger partial charge on any atom is 0.409 e. The van der Waals surface area contributed by atoms with E-state index in [1.807, 2.05) is 0 Å². The van der Waals surface area contributed by atoms with E-state index in [-0.39, 0.29) is 31.0 Å². The van der Waals surface area contributed by atoms with Crippen molar-refractivity contribution in [2.45, 2.75) is 13.8 Å². The second-order valence-electron chi connectivity index (χ2n) is 3.52. The minimum Gasteiger partial charge on any atom is -0.371 e. The van der Waals surface area contributed by atoms with E-state index in [1.54, 1.807) is 9.44 Å². The molecule has 2 heterocycles. The third-order valence-corrected chi connectivity index (χ3v) is 3.47. The van der Waals surface area contributed by atoms with Gasteiger partial charge in [-0.1, -0.05) is 0 Å². The molecule has 2 N–H and O–H groups in total. The van der Waals surface area contributed by atoms with Crippen molar-refractivity contribution < 1.29 is 54.3 Å². The zero-order chi connectivity index (χ0) is 15.6. The van der Waals surface area contributed by atoms with Crippen LogP contribution < -0.4 is 9.44 Å². The molecule has 2 aliphatic heterocycles. The van der Waals surface area contributed by atoms with Crippen LogP contribution in [0.2, 0.25) is 0 Å². The normalized spacial score (nSPS) is 21.4. The average Bonchev–Trinajstić information content (AvgIpc) is 2.08. The minimum atomic E-state index is -3.85. The molecule has 0 aromatic carbocycles. The van der Waals surface area contributed by atoms with Gasteiger partial charge in [0, 0.05) is 31.6 Å². The van der Waals surface area contributed by atoms with E-state index >= 15 is 0 Å². The average molecular weight is 392 g/mol. The van der Waals surface area contributed by atoms with E-state index in [2.05, 4.69) is 8.37 Å². The topological polar surface area (TPSA) is 145 Å². The van der Waals surface area contributed by atoms with Crippen LogP contribution in [0.4, 0.5) is 0 Å². The Balaban J connectivity index is 0.000000364. The van der Waals surface area contributed by atoms with Crippen LogP contribution in [0.5, 0.6) is 0 Å². The summed E-state index contributed by atoms with van der Waals surface area (Å²) in [6.07, 6.45) is 2.11. The molecule has 10 nitrogen and oxygen atoms in total. The molecular weight excluding hydrogens is 382 g/mol. The Bertz CT molecular complexity index is 645. The molecule has 0 saturated carbocycles. The van der Waals surface area contributed by atoms with Crippen LogP contribution in [0.3, 0.4) is 0 Å². The molecule has 0 atom stereocenters. The maximum atomic E-state index is 10.5. The largest absolute Gasteiger partial charge is 0.409 e. The SMILES string of the molecule is CC1=CC(=O)NS(=O)(=O)O1.CC1=CC(=O)NS(=O)(=O)O1.[Zn]. The molecule has 13 heteroatoms. The van der Waals surface area contributed by atoms with Crippen molar-refractivity contribution in [3.8, 4) is 0 Å². The van der Waals surface area contributed by atoms with E-state index in [0.717, 1.165) is 12.2 Å². The molecule has 0 aromatic heterocycles. The fraction of sp³-hybridized carbons (Fsp3) is 0.250. The van der Waals surface area contributed by atoms with E-state index < -0.39 is 32.4 Å².